The topological polar surface area (TPSA) is 97.3 Å². The standard InChI is InChI=1S/C22H21BrFN3O4S/c1-3-6-19-25-22(27-26-19)32-18(21(28)29)11-13-9-15(23)20(17(10-13)30-2)31-12-14-7-4-5-8-16(14)24/h4-5,7-11H,3,6,12H2,1-2H3,(H,28,29)(H,25,26,27)/b18-11-. The van der Waals surface area contributed by atoms with Crippen molar-refractivity contribution in [3.63, 3.8) is 0 Å². The highest BCUT2D eigenvalue weighted by molar-refractivity contribution is 9.10. The Hall–Kier alpha value is -2.85. The van der Waals surface area contributed by atoms with Crippen LogP contribution in [0.5, 0.6) is 11.5 Å². The molecule has 0 spiro atoms. The van der Waals surface area contributed by atoms with E-state index in [0.717, 1.165) is 24.6 Å². The molecule has 0 aliphatic carbocycles. The number of aromatic amines is 1. The number of halogens is 2. The van der Waals surface area contributed by atoms with Gasteiger partial charge in [-0.1, -0.05) is 25.1 Å². The molecule has 0 saturated heterocycles. The fourth-order valence-corrected chi connectivity index (χ4v) is 4.09. The molecule has 0 amide bonds. The number of aryl methyl sites for hydroxylation is 1. The summed E-state index contributed by atoms with van der Waals surface area (Å²) in [5, 5.41) is 16.8. The quantitative estimate of drug-likeness (QED) is 0.270. The molecule has 0 aliphatic heterocycles. The Bertz CT molecular complexity index is 1140. The van der Waals surface area contributed by atoms with Crippen molar-refractivity contribution >= 4 is 39.7 Å². The van der Waals surface area contributed by atoms with Gasteiger partial charge in [0.15, 0.2) is 11.5 Å². The van der Waals surface area contributed by atoms with Crippen LogP contribution in [0.15, 0.2) is 50.9 Å². The molecule has 32 heavy (non-hydrogen) atoms. The van der Waals surface area contributed by atoms with E-state index >= 15 is 0 Å². The first-order chi connectivity index (χ1) is 15.4. The number of methoxy groups -OCH3 is 1. The van der Waals surface area contributed by atoms with Gasteiger partial charge in [0.05, 0.1) is 11.6 Å². The van der Waals surface area contributed by atoms with E-state index < -0.39 is 5.97 Å². The highest BCUT2D eigenvalue weighted by Crippen LogP contribution is 2.38. The maximum atomic E-state index is 13.9. The molecule has 0 radical (unpaired) electrons. The summed E-state index contributed by atoms with van der Waals surface area (Å²) in [4.78, 5) is 16.1. The number of nitrogens with one attached hydrogen (secondary N) is 1. The van der Waals surface area contributed by atoms with Crippen molar-refractivity contribution in [1.82, 2.24) is 15.2 Å². The second-order valence-corrected chi connectivity index (χ2v) is 8.51. The van der Waals surface area contributed by atoms with Crippen LogP contribution in [-0.4, -0.2) is 33.4 Å². The summed E-state index contributed by atoms with van der Waals surface area (Å²) in [6.45, 7) is 2.03. The van der Waals surface area contributed by atoms with Crippen LogP contribution in [-0.2, 0) is 17.8 Å². The zero-order chi connectivity index (χ0) is 23.1. The molecule has 0 atom stereocenters. The van der Waals surface area contributed by atoms with E-state index in [4.69, 9.17) is 9.47 Å². The Morgan fingerprint density at radius 2 is 2.12 bits per heavy atom. The number of carbonyl (C=O) groups is 1. The smallest absolute Gasteiger partial charge is 0.342 e. The molecule has 2 N–H and O–H groups in total. The van der Waals surface area contributed by atoms with Crippen molar-refractivity contribution in [2.45, 2.75) is 31.5 Å². The normalized spacial score (nSPS) is 11.4. The minimum absolute atomic E-state index is 0.0119. The number of benzene rings is 2. The van der Waals surface area contributed by atoms with Gasteiger partial charge in [-0.2, -0.15) is 0 Å². The van der Waals surface area contributed by atoms with Gasteiger partial charge in [0.2, 0.25) is 5.16 Å². The zero-order valence-electron chi connectivity index (χ0n) is 17.4. The molecule has 0 saturated carbocycles. The molecule has 3 aromatic rings. The van der Waals surface area contributed by atoms with Crippen molar-refractivity contribution in [3.8, 4) is 11.5 Å². The molecule has 2 aromatic carbocycles. The van der Waals surface area contributed by atoms with E-state index in [9.17, 15) is 14.3 Å². The van der Waals surface area contributed by atoms with E-state index in [-0.39, 0.29) is 17.3 Å². The SMILES string of the molecule is CCCc1nc(S/C(=C\c2cc(Br)c(OCc3ccccc3F)c(OC)c2)C(=O)O)n[nH]1. The second-order valence-electron chi connectivity index (χ2n) is 6.64. The van der Waals surface area contributed by atoms with Gasteiger partial charge in [-0.3, -0.25) is 5.10 Å². The maximum Gasteiger partial charge on any atom is 0.342 e. The molecule has 0 aliphatic rings. The number of hydrogen-bond donors (Lipinski definition) is 2. The maximum absolute atomic E-state index is 13.9. The molecule has 1 heterocycles. The number of hydrogen-bond acceptors (Lipinski definition) is 6. The van der Waals surface area contributed by atoms with Gasteiger partial charge in [-0.25, -0.2) is 14.2 Å². The van der Waals surface area contributed by atoms with E-state index in [0.29, 0.717) is 38.1 Å². The lowest BCUT2D eigenvalue weighted by atomic mass is 10.2. The van der Waals surface area contributed by atoms with Crippen LogP contribution in [0, 0.1) is 5.82 Å². The predicted molar refractivity (Wildman–Crippen MR) is 123 cm³/mol. The van der Waals surface area contributed by atoms with Gasteiger partial charge < -0.3 is 14.6 Å². The van der Waals surface area contributed by atoms with Gasteiger partial charge in [-0.15, -0.1) is 5.10 Å². The van der Waals surface area contributed by atoms with Gasteiger partial charge in [0.1, 0.15) is 23.2 Å². The number of carboxylic acid groups (broad SMARTS) is 1. The summed E-state index contributed by atoms with van der Waals surface area (Å²) in [7, 11) is 1.47. The Kier molecular flexibility index (Phi) is 8.29. The highest BCUT2D eigenvalue weighted by Gasteiger charge is 2.16. The number of aliphatic carboxylic acids is 1. The molecule has 1 aromatic heterocycles. The third-order valence-corrected chi connectivity index (χ3v) is 5.76. The fraction of sp³-hybridized carbons (Fsp3) is 0.227. The lowest BCUT2D eigenvalue weighted by molar-refractivity contribution is -0.131. The molecular weight excluding hydrogens is 501 g/mol. The minimum Gasteiger partial charge on any atom is -0.493 e. The third kappa shape index (κ3) is 6.10. The van der Waals surface area contributed by atoms with Gasteiger partial charge in [0, 0.05) is 12.0 Å². The monoisotopic (exact) mass is 521 g/mol. The van der Waals surface area contributed by atoms with Crippen LogP contribution >= 0.6 is 27.7 Å². The van der Waals surface area contributed by atoms with Crippen molar-refractivity contribution in [3.05, 3.63) is 68.5 Å². The average molecular weight is 522 g/mol. The van der Waals surface area contributed by atoms with Crippen LogP contribution in [0.2, 0.25) is 0 Å². The number of H-pyrrole nitrogens is 1. The molecule has 0 unspecified atom stereocenters. The lowest BCUT2D eigenvalue weighted by Crippen LogP contribution is -2.01. The number of rotatable bonds is 10. The summed E-state index contributed by atoms with van der Waals surface area (Å²) >= 11 is 4.38. The van der Waals surface area contributed by atoms with Gasteiger partial charge >= 0.3 is 5.97 Å². The number of nitrogens with zero attached hydrogens (tertiary/aromatic N) is 2. The molecule has 10 heteroatoms. The first-order valence-corrected chi connectivity index (χ1v) is 11.3. The average Bonchev–Trinajstić information content (AvgIpc) is 3.20. The third-order valence-electron chi connectivity index (χ3n) is 4.29. The van der Waals surface area contributed by atoms with Crippen molar-refractivity contribution in [2.75, 3.05) is 7.11 Å². The fourth-order valence-electron chi connectivity index (χ4n) is 2.79. The van der Waals surface area contributed by atoms with Crippen LogP contribution < -0.4 is 9.47 Å². The van der Waals surface area contributed by atoms with Gasteiger partial charge in [0.25, 0.3) is 0 Å². The number of ether oxygens (including phenoxy) is 2. The largest absolute Gasteiger partial charge is 0.493 e. The number of carboxylic acids is 1. The van der Waals surface area contributed by atoms with E-state index in [1.807, 2.05) is 6.92 Å². The molecule has 7 nitrogen and oxygen atoms in total. The van der Waals surface area contributed by atoms with E-state index in [1.54, 1.807) is 30.3 Å². The number of aromatic nitrogens is 3. The van der Waals surface area contributed by atoms with Crippen LogP contribution in [0.3, 0.4) is 0 Å². The van der Waals surface area contributed by atoms with Crippen molar-refractivity contribution in [2.24, 2.45) is 0 Å². The van der Waals surface area contributed by atoms with Gasteiger partial charge in [-0.05, 0) is 64.0 Å². The van der Waals surface area contributed by atoms with E-state index in [2.05, 4.69) is 31.1 Å². The summed E-state index contributed by atoms with van der Waals surface area (Å²) in [6.07, 6.45) is 3.13. The summed E-state index contributed by atoms with van der Waals surface area (Å²) in [5.74, 6) is 0.00194. The lowest BCUT2D eigenvalue weighted by Gasteiger charge is -2.14. The summed E-state index contributed by atoms with van der Waals surface area (Å²) in [6, 6.07) is 9.68. The van der Waals surface area contributed by atoms with Crippen LogP contribution in [0.1, 0.15) is 30.3 Å². The van der Waals surface area contributed by atoms with Crippen molar-refractivity contribution < 1.29 is 23.8 Å². The van der Waals surface area contributed by atoms with Crippen LogP contribution in [0.4, 0.5) is 4.39 Å². The first-order valence-electron chi connectivity index (χ1n) is 9.69. The van der Waals surface area contributed by atoms with Crippen molar-refractivity contribution in [1.29, 1.82) is 0 Å². The molecule has 0 fully saturated rings. The molecule has 168 valence electrons. The Morgan fingerprint density at radius 3 is 2.81 bits per heavy atom. The predicted octanol–water partition coefficient (Wildman–Crippen LogP) is 5.46. The first kappa shape index (κ1) is 23.8. The highest BCUT2D eigenvalue weighted by atomic mass is 79.9. The zero-order valence-corrected chi connectivity index (χ0v) is 19.8. The molecule has 0 bridgehead atoms. The Morgan fingerprint density at radius 1 is 1.34 bits per heavy atom. The Balaban J connectivity index is 1.84. The molecular formula is C22H21BrFN3O4S. The minimum atomic E-state index is -1.10. The second kappa shape index (κ2) is 11.1. The molecule has 3 rings (SSSR count). The summed E-state index contributed by atoms with van der Waals surface area (Å²) < 4.78 is 25.6. The number of thioether (sulfide) groups is 1. The van der Waals surface area contributed by atoms with Crippen LogP contribution in [0.25, 0.3) is 6.08 Å². The summed E-state index contributed by atoms with van der Waals surface area (Å²) in [5.41, 5.74) is 0.977. The Labute approximate surface area is 197 Å². The van der Waals surface area contributed by atoms with E-state index in [1.165, 1.54) is 19.3 Å².